The number of halogens is 1. The van der Waals surface area contributed by atoms with Gasteiger partial charge in [0.2, 0.25) is 10.0 Å². The van der Waals surface area contributed by atoms with E-state index < -0.39 is 10.0 Å². The predicted molar refractivity (Wildman–Crippen MR) is 85.7 cm³/mol. The largest absolute Gasteiger partial charge is 0.391 e. The van der Waals surface area contributed by atoms with Crippen molar-refractivity contribution in [2.45, 2.75) is 31.4 Å². The molecule has 2 rings (SSSR count). The quantitative estimate of drug-likeness (QED) is 0.789. The number of hydrogen-bond acceptors (Lipinski definition) is 5. The van der Waals surface area contributed by atoms with Crippen LogP contribution in [-0.4, -0.2) is 13.5 Å². The summed E-state index contributed by atoms with van der Waals surface area (Å²) in [4.78, 5) is 3.01. The molecule has 4 nitrogen and oxygen atoms in total. The summed E-state index contributed by atoms with van der Waals surface area (Å²) in [7, 11) is -3.57. The van der Waals surface area contributed by atoms with Crippen LogP contribution in [0.15, 0.2) is 26.9 Å². The van der Waals surface area contributed by atoms with E-state index in [4.69, 9.17) is 5.11 Å². The molecule has 2 heterocycles. The molecule has 8 heteroatoms. The Bertz CT molecular complexity index is 691. The first-order valence-corrected chi connectivity index (χ1v) is 9.83. The van der Waals surface area contributed by atoms with Crippen LogP contribution in [0.3, 0.4) is 0 Å². The van der Waals surface area contributed by atoms with Gasteiger partial charge in [0.25, 0.3) is 0 Å². The van der Waals surface area contributed by atoms with Crippen LogP contribution in [0.2, 0.25) is 0 Å². The molecule has 0 fully saturated rings. The van der Waals surface area contributed by atoms with Crippen molar-refractivity contribution in [3.05, 3.63) is 36.6 Å². The molecule has 0 radical (unpaired) electrons. The molecule has 0 bridgehead atoms. The summed E-state index contributed by atoms with van der Waals surface area (Å²) in [6.07, 6.45) is 0.952. The molecule has 2 aromatic heterocycles. The number of hydrogen-bond donors (Lipinski definition) is 2. The zero-order chi connectivity index (χ0) is 14.8. The maximum atomic E-state index is 12.2. The third-order valence-electron chi connectivity index (χ3n) is 2.65. The van der Waals surface area contributed by atoms with Gasteiger partial charge in [0.1, 0.15) is 4.90 Å². The number of aryl methyl sites for hydroxylation is 1. The summed E-state index contributed by atoms with van der Waals surface area (Å²) >= 11 is 6.05. The zero-order valence-electron chi connectivity index (χ0n) is 10.7. The number of aliphatic hydroxyl groups is 1. The van der Waals surface area contributed by atoms with Gasteiger partial charge in [-0.1, -0.05) is 6.92 Å². The molecule has 0 aliphatic rings. The highest BCUT2D eigenvalue weighted by molar-refractivity contribution is 9.11. The molecule has 0 unspecified atom stereocenters. The van der Waals surface area contributed by atoms with Crippen molar-refractivity contribution >= 4 is 48.6 Å². The molecular weight excluding hydrogens is 382 g/mol. The first kappa shape index (κ1) is 16.1. The number of sulfonamides is 1. The topological polar surface area (TPSA) is 66.4 Å². The van der Waals surface area contributed by atoms with Gasteiger partial charge in [-0.3, -0.25) is 0 Å². The first-order valence-electron chi connectivity index (χ1n) is 5.92. The second-order valence-electron chi connectivity index (χ2n) is 4.05. The van der Waals surface area contributed by atoms with Gasteiger partial charge >= 0.3 is 0 Å². The van der Waals surface area contributed by atoms with Gasteiger partial charge in [-0.25, -0.2) is 13.1 Å². The number of aliphatic hydroxyl groups excluding tert-OH is 1. The van der Waals surface area contributed by atoms with E-state index in [-0.39, 0.29) is 18.0 Å². The Labute approximate surface area is 134 Å². The smallest absolute Gasteiger partial charge is 0.242 e. The van der Waals surface area contributed by atoms with Gasteiger partial charge in [0, 0.05) is 21.2 Å². The highest BCUT2D eigenvalue weighted by atomic mass is 79.9. The average Bonchev–Trinajstić information content (AvgIpc) is 3.02. The Morgan fingerprint density at radius 2 is 1.95 bits per heavy atom. The van der Waals surface area contributed by atoms with Crippen LogP contribution in [0.25, 0.3) is 0 Å². The summed E-state index contributed by atoms with van der Waals surface area (Å²) in [5.41, 5.74) is 0. The van der Waals surface area contributed by atoms with Gasteiger partial charge in [-0.15, -0.1) is 22.7 Å². The van der Waals surface area contributed by atoms with E-state index in [2.05, 4.69) is 27.6 Å². The molecular formula is C12H14BrNO3S3. The summed E-state index contributed by atoms with van der Waals surface area (Å²) in [5, 5.41) is 9.05. The number of rotatable bonds is 6. The van der Waals surface area contributed by atoms with Crippen molar-refractivity contribution in [1.29, 1.82) is 0 Å². The molecule has 0 saturated carbocycles. The molecule has 0 saturated heterocycles. The van der Waals surface area contributed by atoms with Crippen molar-refractivity contribution in [3.63, 3.8) is 0 Å². The standard InChI is InChI=1S/C12H14BrNO3S3/c1-2-8-3-4-9(18-8)6-14-20(16,17)11-5-10(7-15)19-12(11)13/h3-5,14-15H,2,6-7H2,1H3. The highest BCUT2D eigenvalue weighted by Crippen LogP contribution is 2.31. The van der Waals surface area contributed by atoms with Crippen molar-refractivity contribution in [2.24, 2.45) is 0 Å². The summed E-state index contributed by atoms with van der Waals surface area (Å²) < 4.78 is 27.5. The summed E-state index contributed by atoms with van der Waals surface area (Å²) in [6, 6.07) is 5.44. The minimum absolute atomic E-state index is 0.163. The normalized spacial score (nSPS) is 11.9. The van der Waals surface area contributed by atoms with E-state index in [9.17, 15) is 8.42 Å². The second-order valence-corrected chi connectivity index (χ2v) is 9.50. The van der Waals surface area contributed by atoms with Crippen LogP contribution in [0.5, 0.6) is 0 Å². The molecule has 20 heavy (non-hydrogen) atoms. The minimum Gasteiger partial charge on any atom is -0.391 e. The molecule has 0 aliphatic carbocycles. The summed E-state index contributed by atoms with van der Waals surface area (Å²) in [6.45, 7) is 2.19. The number of thiophene rings is 2. The van der Waals surface area contributed by atoms with Crippen LogP contribution in [0, 0.1) is 0 Å². The lowest BCUT2D eigenvalue weighted by molar-refractivity contribution is 0.285. The van der Waals surface area contributed by atoms with Gasteiger partial charge in [0.05, 0.1) is 10.4 Å². The van der Waals surface area contributed by atoms with Crippen molar-refractivity contribution in [2.75, 3.05) is 0 Å². The molecule has 0 aromatic carbocycles. The molecule has 0 amide bonds. The fraction of sp³-hybridized carbons (Fsp3) is 0.333. The lowest BCUT2D eigenvalue weighted by Crippen LogP contribution is -2.22. The van der Waals surface area contributed by atoms with E-state index in [0.717, 1.165) is 11.3 Å². The van der Waals surface area contributed by atoms with Crippen molar-refractivity contribution < 1.29 is 13.5 Å². The molecule has 2 aromatic rings. The second kappa shape index (κ2) is 6.67. The maximum Gasteiger partial charge on any atom is 0.242 e. The van der Waals surface area contributed by atoms with E-state index in [1.165, 1.54) is 22.3 Å². The van der Waals surface area contributed by atoms with E-state index in [1.54, 1.807) is 11.3 Å². The Morgan fingerprint density at radius 1 is 1.25 bits per heavy atom. The third-order valence-corrected chi connectivity index (χ3v) is 7.52. The van der Waals surface area contributed by atoms with Gasteiger partial charge in [0.15, 0.2) is 0 Å². The minimum atomic E-state index is -3.57. The monoisotopic (exact) mass is 395 g/mol. The molecule has 0 aliphatic heterocycles. The first-order chi connectivity index (χ1) is 9.46. The predicted octanol–water partition coefficient (Wildman–Crippen LogP) is 3.11. The van der Waals surface area contributed by atoms with Gasteiger partial charge in [-0.2, -0.15) is 0 Å². The van der Waals surface area contributed by atoms with Crippen LogP contribution < -0.4 is 4.72 Å². The van der Waals surface area contributed by atoms with Gasteiger partial charge < -0.3 is 5.11 Å². The van der Waals surface area contributed by atoms with Gasteiger partial charge in [-0.05, 0) is 40.5 Å². The fourth-order valence-corrected chi connectivity index (χ4v) is 6.15. The molecule has 0 atom stereocenters. The highest BCUT2D eigenvalue weighted by Gasteiger charge is 2.20. The van der Waals surface area contributed by atoms with E-state index in [1.807, 2.05) is 12.1 Å². The van der Waals surface area contributed by atoms with Crippen molar-refractivity contribution in [3.8, 4) is 0 Å². The Kier molecular flexibility index (Phi) is 5.38. The average molecular weight is 396 g/mol. The van der Waals surface area contributed by atoms with E-state index >= 15 is 0 Å². The zero-order valence-corrected chi connectivity index (χ0v) is 14.8. The summed E-state index contributed by atoms with van der Waals surface area (Å²) in [5.74, 6) is 0. The van der Waals surface area contributed by atoms with Crippen LogP contribution >= 0.6 is 38.6 Å². The van der Waals surface area contributed by atoms with Crippen molar-refractivity contribution in [1.82, 2.24) is 4.72 Å². The van der Waals surface area contributed by atoms with E-state index in [0.29, 0.717) is 8.66 Å². The Hall–Kier alpha value is -0.250. The molecule has 110 valence electrons. The molecule has 2 N–H and O–H groups in total. The Morgan fingerprint density at radius 3 is 2.50 bits per heavy atom. The van der Waals surface area contributed by atoms with Crippen LogP contribution in [0.4, 0.5) is 0 Å². The van der Waals surface area contributed by atoms with Crippen LogP contribution in [-0.2, 0) is 29.6 Å². The maximum absolute atomic E-state index is 12.2. The Balaban J connectivity index is 2.12. The number of nitrogens with one attached hydrogen (secondary N) is 1. The SMILES string of the molecule is CCc1ccc(CNS(=O)(=O)c2cc(CO)sc2Br)s1. The lowest BCUT2D eigenvalue weighted by Gasteiger charge is -2.04. The fourth-order valence-electron chi connectivity index (χ4n) is 1.61. The lowest BCUT2D eigenvalue weighted by atomic mass is 10.4. The van der Waals surface area contributed by atoms with Crippen LogP contribution in [0.1, 0.15) is 21.6 Å². The third kappa shape index (κ3) is 3.69. The molecule has 0 spiro atoms.